The van der Waals surface area contributed by atoms with E-state index in [4.69, 9.17) is 27.9 Å². The van der Waals surface area contributed by atoms with Crippen LogP contribution in [0.3, 0.4) is 0 Å². The molecule has 4 nitrogen and oxygen atoms in total. The topological polar surface area (TPSA) is 54.1 Å². The highest BCUT2D eigenvalue weighted by molar-refractivity contribution is 6.40. The lowest BCUT2D eigenvalue weighted by Gasteiger charge is -2.10. The Hall–Kier alpha value is -2.01. The first-order chi connectivity index (χ1) is 11.6. The molecule has 1 amide bonds. The zero-order valence-corrected chi connectivity index (χ0v) is 14.5. The molecular formula is C18H16Cl2N2O2. The van der Waals surface area contributed by atoms with Crippen molar-refractivity contribution >= 4 is 45.7 Å². The maximum Gasteiger partial charge on any atom is 0.273 e. The van der Waals surface area contributed by atoms with Gasteiger partial charge < -0.3 is 15.0 Å². The van der Waals surface area contributed by atoms with Gasteiger partial charge in [0.15, 0.2) is 0 Å². The normalized spacial score (nSPS) is 11.0. The molecule has 0 unspecified atom stereocenters. The predicted molar refractivity (Wildman–Crippen MR) is 98.0 cm³/mol. The summed E-state index contributed by atoms with van der Waals surface area (Å²) >= 11 is 12.3. The van der Waals surface area contributed by atoms with Gasteiger partial charge in [-0.25, -0.2) is 0 Å². The van der Waals surface area contributed by atoms with Crippen LogP contribution in [0.5, 0.6) is 0 Å². The Morgan fingerprint density at radius 2 is 2.00 bits per heavy atom. The van der Waals surface area contributed by atoms with Crippen molar-refractivity contribution < 1.29 is 9.53 Å². The number of halogens is 2. The van der Waals surface area contributed by atoms with Crippen molar-refractivity contribution in [2.75, 3.05) is 11.9 Å². The predicted octanol–water partition coefficient (Wildman–Crippen LogP) is 5.26. The minimum Gasteiger partial charge on any atom is -0.377 e. The van der Waals surface area contributed by atoms with Gasteiger partial charge in [0.05, 0.1) is 11.6 Å². The average Bonchev–Trinajstić information content (AvgIpc) is 2.91. The van der Waals surface area contributed by atoms with Crippen LogP contribution < -0.4 is 5.32 Å². The molecule has 0 radical (unpaired) electrons. The van der Waals surface area contributed by atoms with Crippen LogP contribution in [-0.2, 0) is 11.3 Å². The first-order valence-electron chi connectivity index (χ1n) is 7.54. The number of carbonyl (C=O) groups is 1. The molecular weight excluding hydrogens is 347 g/mol. The molecule has 0 spiro atoms. The molecule has 0 atom stereocenters. The van der Waals surface area contributed by atoms with Crippen molar-refractivity contribution in [3.8, 4) is 0 Å². The second-order valence-corrected chi connectivity index (χ2v) is 6.07. The Morgan fingerprint density at radius 1 is 1.21 bits per heavy atom. The standard InChI is InChI=1S/C18H16Cl2N2O2/c1-2-24-10-11-5-3-4-6-14(11)22-18(23)17-16(20)13-9-12(19)7-8-15(13)21-17/h3-9,21H,2,10H2,1H3,(H,22,23). The Morgan fingerprint density at radius 3 is 2.79 bits per heavy atom. The fraction of sp³-hybridized carbons (Fsp3) is 0.167. The molecule has 1 heterocycles. The minimum atomic E-state index is -0.309. The highest BCUT2D eigenvalue weighted by Gasteiger charge is 2.17. The second-order valence-electron chi connectivity index (χ2n) is 5.25. The Bertz CT molecular complexity index is 890. The fourth-order valence-corrected chi connectivity index (χ4v) is 2.91. The summed E-state index contributed by atoms with van der Waals surface area (Å²) in [5.74, 6) is -0.309. The molecule has 0 aliphatic heterocycles. The summed E-state index contributed by atoms with van der Waals surface area (Å²) < 4.78 is 5.43. The highest BCUT2D eigenvalue weighted by atomic mass is 35.5. The van der Waals surface area contributed by atoms with Crippen LogP contribution in [-0.4, -0.2) is 17.5 Å². The molecule has 0 saturated carbocycles. The van der Waals surface area contributed by atoms with E-state index in [1.165, 1.54) is 0 Å². The molecule has 24 heavy (non-hydrogen) atoms. The van der Waals surface area contributed by atoms with E-state index in [0.29, 0.717) is 34.6 Å². The molecule has 0 aliphatic carbocycles. The van der Waals surface area contributed by atoms with Crippen LogP contribution >= 0.6 is 23.2 Å². The fourth-order valence-electron chi connectivity index (χ4n) is 2.45. The molecule has 6 heteroatoms. The first-order valence-corrected chi connectivity index (χ1v) is 8.29. The maximum absolute atomic E-state index is 12.6. The van der Waals surface area contributed by atoms with Crippen LogP contribution in [0.2, 0.25) is 10.0 Å². The van der Waals surface area contributed by atoms with Gasteiger partial charge in [0, 0.05) is 33.8 Å². The summed E-state index contributed by atoms with van der Waals surface area (Å²) in [5.41, 5.74) is 2.67. The molecule has 0 fully saturated rings. The lowest BCUT2D eigenvalue weighted by atomic mass is 10.2. The summed E-state index contributed by atoms with van der Waals surface area (Å²) in [6, 6.07) is 12.8. The van der Waals surface area contributed by atoms with Gasteiger partial charge in [0.25, 0.3) is 5.91 Å². The molecule has 0 aliphatic rings. The van der Waals surface area contributed by atoms with Crippen molar-refractivity contribution in [1.82, 2.24) is 4.98 Å². The van der Waals surface area contributed by atoms with Crippen molar-refractivity contribution in [2.24, 2.45) is 0 Å². The van der Waals surface area contributed by atoms with E-state index >= 15 is 0 Å². The number of hydrogen-bond donors (Lipinski definition) is 2. The molecule has 3 aromatic rings. The van der Waals surface area contributed by atoms with Gasteiger partial charge >= 0.3 is 0 Å². The molecule has 1 aromatic heterocycles. The lowest BCUT2D eigenvalue weighted by molar-refractivity contribution is 0.102. The average molecular weight is 363 g/mol. The van der Waals surface area contributed by atoms with Crippen LogP contribution in [0.25, 0.3) is 10.9 Å². The molecule has 0 bridgehead atoms. The largest absolute Gasteiger partial charge is 0.377 e. The van der Waals surface area contributed by atoms with Gasteiger partial charge in [-0.3, -0.25) is 4.79 Å². The monoisotopic (exact) mass is 362 g/mol. The number of hydrogen-bond acceptors (Lipinski definition) is 2. The third-order valence-corrected chi connectivity index (χ3v) is 4.28. The zero-order chi connectivity index (χ0) is 17.1. The van der Waals surface area contributed by atoms with Gasteiger partial charge in [-0.05, 0) is 31.2 Å². The van der Waals surface area contributed by atoms with Crippen molar-refractivity contribution in [3.05, 3.63) is 63.8 Å². The summed E-state index contributed by atoms with van der Waals surface area (Å²) in [4.78, 5) is 15.7. The first kappa shape index (κ1) is 16.8. The van der Waals surface area contributed by atoms with E-state index in [-0.39, 0.29) is 5.91 Å². The number of ether oxygens (including phenoxy) is 1. The quantitative estimate of drug-likeness (QED) is 0.649. The number of nitrogens with one attached hydrogen (secondary N) is 2. The number of anilines is 1. The smallest absolute Gasteiger partial charge is 0.273 e. The molecule has 2 aromatic carbocycles. The number of aromatic amines is 1. The van der Waals surface area contributed by atoms with Crippen LogP contribution in [0.15, 0.2) is 42.5 Å². The van der Waals surface area contributed by atoms with Crippen molar-refractivity contribution in [2.45, 2.75) is 13.5 Å². The Labute approximate surface area is 149 Å². The number of benzene rings is 2. The number of rotatable bonds is 5. The van der Waals surface area contributed by atoms with E-state index in [9.17, 15) is 4.79 Å². The molecule has 2 N–H and O–H groups in total. The Balaban J connectivity index is 1.89. The van der Waals surface area contributed by atoms with E-state index in [1.807, 2.05) is 31.2 Å². The summed E-state index contributed by atoms with van der Waals surface area (Å²) in [5, 5.41) is 4.52. The van der Waals surface area contributed by atoms with Crippen LogP contribution in [0.1, 0.15) is 23.0 Å². The minimum absolute atomic E-state index is 0.306. The van der Waals surface area contributed by atoms with Gasteiger partial charge in [-0.2, -0.15) is 0 Å². The number of amides is 1. The van der Waals surface area contributed by atoms with Gasteiger partial charge in [-0.1, -0.05) is 41.4 Å². The maximum atomic E-state index is 12.6. The van der Waals surface area contributed by atoms with Gasteiger partial charge in [0.2, 0.25) is 0 Å². The number of H-pyrrole nitrogens is 1. The summed E-state index contributed by atoms with van der Waals surface area (Å²) in [7, 11) is 0. The number of aromatic nitrogens is 1. The summed E-state index contributed by atoms with van der Waals surface area (Å²) in [6.07, 6.45) is 0. The number of fused-ring (bicyclic) bond motifs is 1. The number of para-hydroxylation sites is 1. The van der Waals surface area contributed by atoms with E-state index in [2.05, 4.69) is 10.3 Å². The van der Waals surface area contributed by atoms with Gasteiger partial charge in [0.1, 0.15) is 5.69 Å². The van der Waals surface area contributed by atoms with Crippen LogP contribution in [0, 0.1) is 0 Å². The van der Waals surface area contributed by atoms with E-state index in [0.717, 1.165) is 16.5 Å². The highest BCUT2D eigenvalue weighted by Crippen LogP contribution is 2.30. The SMILES string of the molecule is CCOCc1ccccc1NC(=O)c1[nH]c2ccc(Cl)cc2c1Cl. The van der Waals surface area contributed by atoms with Gasteiger partial charge in [-0.15, -0.1) is 0 Å². The number of carbonyl (C=O) groups excluding carboxylic acids is 1. The third-order valence-electron chi connectivity index (χ3n) is 3.65. The third kappa shape index (κ3) is 3.41. The van der Waals surface area contributed by atoms with E-state index < -0.39 is 0 Å². The summed E-state index contributed by atoms with van der Waals surface area (Å²) in [6.45, 7) is 2.97. The van der Waals surface area contributed by atoms with E-state index in [1.54, 1.807) is 18.2 Å². The molecule has 3 rings (SSSR count). The molecule has 0 saturated heterocycles. The Kier molecular flexibility index (Phi) is 5.09. The van der Waals surface area contributed by atoms with Crippen LogP contribution in [0.4, 0.5) is 5.69 Å². The van der Waals surface area contributed by atoms with Crippen molar-refractivity contribution in [1.29, 1.82) is 0 Å². The molecule has 124 valence electrons. The lowest BCUT2D eigenvalue weighted by Crippen LogP contribution is -2.14. The zero-order valence-electron chi connectivity index (χ0n) is 13.0. The second kappa shape index (κ2) is 7.26. The van der Waals surface area contributed by atoms with Crippen molar-refractivity contribution in [3.63, 3.8) is 0 Å².